The van der Waals surface area contributed by atoms with Crippen molar-refractivity contribution in [3.8, 4) is 17.0 Å². The molecule has 4 heteroatoms. The van der Waals surface area contributed by atoms with Gasteiger partial charge in [-0.15, -0.1) is 0 Å². The van der Waals surface area contributed by atoms with Crippen LogP contribution in [0, 0.1) is 0 Å². The summed E-state index contributed by atoms with van der Waals surface area (Å²) in [6.45, 7) is 0. The van der Waals surface area contributed by atoms with Crippen molar-refractivity contribution in [1.82, 2.24) is 14.8 Å². The summed E-state index contributed by atoms with van der Waals surface area (Å²) in [7, 11) is 1.81. The molecule has 0 fully saturated rings. The second-order valence-electron chi connectivity index (χ2n) is 3.93. The molecule has 2 aromatic heterocycles. The Morgan fingerprint density at radius 3 is 2.71 bits per heavy atom. The van der Waals surface area contributed by atoms with Gasteiger partial charge in [-0.2, -0.15) is 5.10 Å². The number of aromatic nitrogens is 3. The summed E-state index contributed by atoms with van der Waals surface area (Å²) >= 11 is 0. The molecule has 0 amide bonds. The normalized spacial score (nSPS) is 10.9. The van der Waals surface area contributed by atoms with Crippen LogP contribution in [0.4, 0.5) is 0 Å². The zero-order valence-electron chi connectivity index (χ0n) is 9.33. The fourth-order valence-electron chi connectivity index (χ4n) is 1.85. The Morgan fingerprint density at radius 2 is 1.94 bits per heavy atom. The molecule has 0 aliphatic heterocycles. The summed E-state index contributed by atoms with van der Waals surface area (Å²) in [4.78, 5) is 4.44. The van der Waals surface area contributed by atoms with Crippen LogP contribution in [0.1, 0.15) is 0 Å². The first-order valence-electron chi connectivity index (χ1n) is 5.33. The second-order valence-corrected chi connectivity index (χ2v) is 3.93. The Bertz CT molecular complexity index is 674. The molecule has 0 unspecified atom stereocenters. The summed E-state index contributed by atoms with van der Waals surface area (Å²) in [6.07, 6.45) is 1.76. The van der Waals surface area contributed by atoms with Crippen molar-refractivity contribution in [1.29, 1.82) is 0 Å². The molecule has 0 spiro atoms. The maximum Gasteiger partial charge on any atom is 0.185 e. The molecule has 1 N–H and O–H groups in total. The zero-order valence-corrected chi connectivity index (χ0v) is 9.33. The molecule has 2 heterocycles. The van der Waals surface area contributed by atoms with Crippen LogP contribution < -0.4 is 0 Å². The Labute approximate surface area is 98.2 Å². The van der Waals surface area contributed by atoms with Crippen LogP contribution in [0.15, 0.2) is 42.6 Å². The van der Waals surface area contributed by atoms with Crippen molar-refractivity contribution in [2.45, 2.75) is 0 Å². The quantitative estimate of drug-likeness (QED) is 0.691. The Morgan fingerprint density at radius 1 is 1.18 bits per heavy atom. The van der Waals surface area contributed by atoms with Gasteiger partial charge >= 0.3 is 0 Å². The molecule has 0 saturated heterocycles. The van der Waals surface area contributed by atoms with Crippen molar-refractivity contribution < 1.29 is 5.11 Å². The van der Waals surface area contributed by atoms with Gasteiger partial charge in [-0.05, 0) is 0 Å². The fraction of sp³-hybridized carbons (Fsp3) is 0.0769. The first kappa shape index (κ1) is 9.84. The van der Waals surface area contributed by atoms with Gasteiger partial charge in [0.1, 0.15) is 5.75 Å². The molecule has 0 aliphatic rings. The largest absolute Gasteiger partial charge is 0.507 e. The van der Waals surface area contributed by atoms with Crippen LogP contribution in [0.5, 0.6) is 5.75 Å². The number of nitrogens with zero attached hydrogens (tertiary/aromatic N) is 3. The van der Waals surface area contributed by atoms with E-state index >= 15 is 0 Å². The van der Waals surface area contributed by atoms with E-state index in [-0.39, 0.29) is 5.75 Å². The minimum absolute atomic E-state index is 0.210. The lowest BCUT2D eigenvalue weighted by Gasteiger charge is -2.01. The molecular weight excluding hydrogens is 214 g/mol. The molecule has 1 aromatic carbocycles. The Hall–Kier alpha value is -2.36. The van der Waals surface area contributed by atoms with E-state index in [1.165, 1.54) is 0 Å². The summed E-state index contributed by atoms with van der Waals surface area (Å²) in [6, 6.07) is 11.4. The van der Waals surface area contributed by atoms with Gasteiger partial charge in [0.05, 0.1) is 11.1 Å². The topological polar surface area (TPSA) is 50.9 Å². The van der Waals surface area contributed by atoms with E-state index in [0.717, 1.165) is 11.3 Å². The molecule has 3 aromatic rings. The van der Waals surface area contributed by atoms with Crippen LogP contribution in [-0.2, 0) is 7.05 Å². The highest BCUT2D eigenvalue weighted by Gasteiger charge is 2.09. The number of rotatable bonds is 1. The van der Waals surface area contributed by atoms with Crippen LogP contribution in [-0.4, -0.2) is 19.9 Å². The average molecular weight is 225 g/mol. The smallest absolute Gasteiger partial charge is 0.185 e. The van der Waals surface area contributed by atoms with Gasteiger partial charge in [0, 0.05) is 24.9 Å². The van der Waals surface area contributed by atoms with Crippen LogP contribution in [0.25, 0.3) is 22.3 Å². The molecule has 0 bridgehead atoms. The maximum absolute atomic E-state index is 9.93. The monoisotopic (exact) mass is 225 g/mol. The second kappa shape index (κ2) is 3.59. The molecule has 84 valence electrons. The van der Waals surface area contributed by atoms with Crippen LogP contribution in [0.2, 0.25) is 0 Å². The summed E-state index contributed by atoms with van der Waals surface area (Å²) in [5.41, 5.74) is 2.26. The molecule has 17 heavy (non-hydrogen) atoms. The van der Waals surface area contributed by atoms with Gasteiger partial charge in [0.25, 0.3) is 0 Å². The number of hydrogen-bond acceptors (Lipinski definition) is 3. The van der Waals surface area contributed by atoms with Gasteiger partial charge in [-0.25, -0.2) is 4.98 Å². The maximum atomic E-state index is 9.93. The Kier molecular flexibility index (Phi) is 2.08. The van der Waals surface area contributed by atoms with E-state index < -0.39 is 0 Å². The third-order valence-electron chi connectivity index (χ3n) is 2.65. The summed E-state index contributed by atoms with van der Waals surface area (Å²) in [5, 5.41) is 14.8. The minimum atomic E-state index is 0.210. The average Bonchev–Trinajstić information content (AvgIpc) is 2.71. The van der Waals surface area contributed by atoms with Crippen molar-refractivity contribution in [3.63, 3.8) is 0 Å². The van der Waals surface area contributed by atoms with E-state index in [2.05, 4.69) is 10.1 Å². The highest BCUT2D eigenvalue weighted by molar-refractivity contribution is 5.84. The number of hydrogen-bond donors (Lipinski definition) is 1. The van der Waals surface area contributed by atoms with E-state index in [4.69, 9.17) is 0 Å². The van der Waals surface area contributed by atoms with Crippen molar-refractivity contribution >= 4 is 11.0 Å². The van der Waals surface area contributed by atoms with E-state index in [1.807, 2.05) is 37.4 Å². The molecular formula is C13H11N3O. The predicted octanol–water partition coefficient (Wildman–Crippen LogP) is 2.34. The highest BCUT2D eigenvalue weighted by atomic mass is 16.3. The van der Waals surface area contributed by atoms with Crippen molar-refractivity contribution in [2.75, 3.05) is 0 Å². The number of aryl methyl sites for hydroxylation is 1. The molecule has 0 atom stereocenters. The van der Waals surface area contributed by atoms with Crippen molar-refractivity contribution in [3.05, 3.63) is 42.6 Å². The predicted molar refractivity (Wildman–Crippen MR) is 65.6 cm³/mol. The molecule has 0 aliphatic carbocycles. The van der Waals surface area contributed by atoms with E-state index in [9.17, 15) is 5.11 Å². The van der Waals surface area contributed by atoms with E-state index in [1.54, 1.807) is 16.9 Å². The molecule has 3 rings (SSSR count). The van der Waals surface area contributed by atoms with Gasteiger partial charge < -0.3 is 5.11 Å². The fourth-order valence-corrected chi connectivity index (χ4v) is 1.85. The molecule has 4 nitrogen and oxygen atoms in total. The molecule has 0 saturated carbocycles. The standard InChI is InChI=1S/C13H11N3O/c1-16-8-10-12(17)7-11(14-13(10)15-16)9-5-3-2-4-6-9/h2-8,17H,1H3. The third kappa shape index (κ3) is 1.63. The highest BCUT2D eigenvalue weighted by Crippen LogP contribution is 2.27. The van der Waals surface area contributed by atoms with Gasteiger partial charge in [0.15, 0.2) is 5.65 Å². The summed E-state index contributed by atoms with van der Waals surface area (Å²) < 4.78 is 1.64. The van der Waals surface area contributed by atoms with Crippen LogP contribution >= 0.6 is 0 Å². The lowest BCUT2D eigenvalue weighted by atomic mass is 10.1. The number of benzene rings is 1. The van der Waals surface area contributed by atoms with Gasteiger partial charge in [-0.3, -0.25) is 4.68 Å². The molecule has 0 radical (unpaired) electrons. The van der Waals surface area contributed by atoms with E-state index in [0.29, 0.717) is 11.0 Å². The number of aromatic hydroxyl groups is 1. The first-order valence-corrected chi connectivity index (χ1v) is 5.33. The van der Waals surface area contributed by atoms with Gasteiger partial charge in [-0.1, -0.05) is 30.3 Å². The van der Waals surface area contributed by atoms with Crippen molar-refractivity contribution in [2.24, 2.45) is 7.05 Å². The third-order valence-corrected chi connectivity index (χ3v) is 2.65. The summed E-state index contributed by atoms with van der Waals surface area (Å²) in [5.74, 6) is 0.210. The van der Waals surface area contributed by atoms with Gasteiger partial charge in [0.2, 0.25) is 0 Å². The Balaban J connectivity index is 2.25. The lowest BCUT2D eigenvalue weighted by Crippen LogP contribution is -1.87. The first-order chi connectivity index (χ1) is 8.24. The zero-order chi connectivity index (χ0) is 11.8. The SMILES string of the molecule is Cn1cc2c(O)cc(-c3ccccc3)nc2n1. The van der Waals surface area contributed by atoms with Crippen LogP contribution in [0.3, 0.4) is 0 Å². The minimum Gasteiger partial charge on any atom is -0.507 e. The number of pyridine rings is 1. The number of fused-ring (bicyclic) bond motifs is 1. The lowest BCUT2D eigenvalue weighted by molar-refractivity contribution is 0.481.